The molecule has 1 aliphatic rings. The molecule has 0 saturated carbocycles. The molecule has 0 atom stereocenters. The minimum atomic E-state index is -4.85. The van der Waals surface area contributed by atoms with E-state index in [9.17, 15) is 18.0 Å². The van der Waals surface area contributed by atoms with Crippen molar-refractivity contribution < 1.29 is 27.4 Å². The molecule has 1 amide bonds. The number of carbonyl (C=O) groups excluding carboxylic acids is 1. The number of nitrogens with zero attached hydrogens (tertiary/aromatic N) is 2. The van der Waals surface area contributed by atoms with Gasteiger partial charge >= 0.3 is 6.36 Å². The molecular weight excluding hydrogens is 351 g/mol. The number of likely N-dealkylation sites (tertiary alicyclic amines) is 1. The van der Waals surface area contributed by atoms with Gasteiger partial charge in [-0.3, -0.25) is 4.79 Å². The fourth-order valence-corrected chi connectivity index (χ4v) is 2.53. The van der Waals surface area contributed by atoms with Crippen LogP contribution in [0.25, 0.3) is 0 Å². The third-order valence-electron chi connectivity index (χ3n) is 4.20. The number of halogens is 3. The highest BCUT2D eigenvalue weighted by Gasteiger charge is 2.34. The lowest BCUT2D eigenvalue weighted by Crippen LogP contribution is -2.49. The van der Waals surface area contributed by atoms with Crippen LogP contribution in [0, 0.1) is 5.41 Å². The zero-order chi connectivity index (χ0) is 19.4. The Morgan fingerprint density at radius 1 is 1.35 bits per heavy atom. The minimum absolute atomic E-state index is 0.0944. The quantitative estimate of drug-likeness (QED) is 0.828. The Morgan fingerprint density at radius 3 is 2.62 bits per heavy atom. The first kappa shape index (κ1) is 20.3. The Balaban J connectivity index is 1.94. The predicted octanol–water partition coefficient (Wildman–Crippen LogP) is 2.60. The van der Waals surface area contributed by atoms with Gasteiger partial charge in [0.05, 0.1) is 5.41 Å². The van der Waals surface area contributed by atoms with Gasteiger partial charge in [-0.05, 0) is 59.0 Å². The third kappa shape index (κ3) is 6.05. The molecule has 2 rings (SSSR count). The SMILES string of the molecule is CN1CCC(NC(=O)C(C)(C)COc2ncccc2OC(F)(F)F)CC1. The van der Waals surface area contributed by atoms with Crippen molar-refractivity contribution >= 4 is 5.91 Å². The van der Waals surface area contributed by atoms with Gasteiger partial charge in [0.1, 0.15) is 6.61 Å². The lowest BCUT2D eigenvalue weighted by molar-refractivity contribution is -0.275. The second-order valence-corrected chi connectivity index (χ2v) is 7.08. The van der Waals surface area contributed by atoms with Gasteiger partial charge < -0.3 is 19.7 Å². The van der Waals surface area contributed by atoms with Gasteiger partial charge in [-0.15, -0.1) is 13.2 Å². The molecule has 0 bridgehead atoms. The second-order valence-electron chi connectivity index (χ2n) is 7.08. The number of piperidine rings is 1. The summed E-state index contributed by atoms with van der Waals surface area (Å²) in [6, 6.07) is 2.52. The van der Waals surface area contributed by atoms with E-state index in [1.54, 1.807) is 13.8 Å². The van der Waals surface area contributed by atoms with E-state index in [-0.39, 0.29) is 24.4 Å². The molecule has 26 heavy (non-hydrogen) atoms. The first-order valence-corrected chi connectivity index (χ1v) is 8.40. The van der Waals surface area contributed by atoms with Crippen molar-refractivity contribution in [3.63, 3.8) is 0 Å². The van der Waals surface area contributed by atoms with Crippen LogP contribution in [0.2, 0.25) is 0 Å². The summed E-state index contributed by atoms with van der Waals surface area (Å²) in [5, 5.41) is 2.99. The Labute approximate surface area is 150 Å². The average Bonchev–Trinajstić information content (AvgIpc) is 2.55. The van der Waals surface area contributed by atoms with E-state index in [0.29, 0.717) is 0 Å². The number of hydrogen-bond donors (Lipinski definition) is 1. The van der Waals surface area contributed by atoms with Crippen LogP contribution in [0.15, 0.2) is 18.3 Å². The summed E-state index contributed by atoms with van der Waals surface area (Å²) in [7, 11) is 2.03. The molecule has 1 aromatic rings. The Morgan fingerprint density at radius 2 is 2.00 bits per heavy atom. The average molecular weight is 375 g/mol. The highest BCUT2D eigenvalue weighted by Crippen LogP contribution is 2.31. The zero-order valence-corrected chi connectivity index (χ0v) is 15.1. The number of carbonyl (C=O) groups is 1. The molecule has 0 radical (unpaired) electrons. The lowest BCUT2D eigenvalue weighted by Gasteiger charge is -2.32. The van der Waals surface area contributed by atoms with Gasteiger partial charge in [0, 0.05) is 12.2 Å². The first-order chi connectivity index (χ1) is 12.1. The molecule has 1 aromatic heterocycles. The number of hydrogen-bond acceptors (Lipinski definition) is 5. The van der Waals surface area contributed by atoms with Crippen LogP contribution in [-0.4, -0.2) is 54.9 Å². The van der Waals surface area contributed by atoms with Crippen molar-refractivity contribution in [1.29, 1.82) is 0 Å². The summed E-state index contributed by atoms with van der Waals surface area (Å²) < 4.78 is 46.6. The summed E-state index contributed by atoms with van der Waals surface area (Å²) in [5.41, 5.74) is -0.934. The molecule has 2 heterocycles. The number of amides is 1. The van der Waals surface area contributed by atoms with Crippen LogP contribution < -0.4 is 14.8 Å². The number of rotatable bonds is 6. The van der Waals surface area contributed by atoms with Crippen molar-refractivity contribution in [2.45, 2.75) is 39.1 Å². The Bertz CT molecular complexity index is 615. The fraction of sp³-hybridized carbons (Fsp3) is 0.647. The predicted molar refractivity (Wildman–Crippen MR) is 88.9 cm³/mol. The maximum atomic E-state index is 12.5. The molecule has 1 N–H and O–H groups in total. The summed E-state index contributed by atoms with van der Waals surface area (Å²) >= 11 is 0. The standard InChI is InChI=1S/C17H24F3N3O3/c1-16(2,15(24)22-12-6-9-23(3)10-7-12)11-25-14-13(5-4-8-21-14)26-17(18,19)20/h4-5,8,12H,6-7,9-11H2,1-3H3,(H,22,24). The van der Waals surface area contributed by atoms with Gasteiger partial charge in [0.15, 0.2) is 5.75 Å². The van der Waals surface area contributed by atoms with Crippen LogP contribution in [0.1, 0.15) is 26.7 Å². The molecule has 1 aliphatic heterocycles. The highest BCUT2D eigenvalue weighted by molar-refractivity contribution is 5.82. The topological polar surface area (TPSA) is 63.7 Å². The van der Waals surface area contributed by atoms with E-state index in [1.807, 2.05) is 7.05 Å². The molecule has 0 spiro atoms. The Kier molecular flexibility index (Phi) is 6.33. The van der Waals surface area contributed by atoms with Gasteiger partial charge in [-0.25, -0.2) is 4.98 Å². The molecule has 0 aromatic carbocycles. The first-order valence-electron chi connectivity index (χ1n) is 8.40. The highest BCUT2D eigenvalue weighted by atomic mass is 19.4. The normalized spacial score (nSPS) is 17.0. The van der Waals surface area contributed by atoms with E-state index in [2.05, 4.69) is 19.9 Å². The van der Waals surface area contributed by atoms with Crippen molar-refractivity contribution in [1.82, 2.24) is 15.2 Å². The molecule has 9 heteroatoms. The van der Waals surface area contributed by atoms with Crippen LogP contribution in [0.3, 0.4) is 0 Å². The van der Waals surface area contributed by atoms with Crippen molar-refractivity contribution in [3.05, 3.63) is 18.3 Å². The maximum absolute atomic E-state index is 12.5. The molecule has 146 valence electrons. The van der Waals surface area contributed by atoms with E-state index >= 15 is 0 Å². The molecule has 0 aliphatic carbocycles. The number of aromatic nitrogens is 1. The smallest absolute Gasteiger partial charge is 0.474 e. The van der Waals surface area contributed by atoms with E-state index in [1.165, 1.54) is 12.3 Å². The monoisotopic (exact) mass is 375 g/mol. The van der Waals surface area contributed by atoms with E-state index in [0.717, 1.165) is 32.0 Å². The van der Waals surface area contributed by atoms with Crippen molar-refractivity contribution in [3.8, 4) is 11.6 Å². The molecule has 0 unspecified atom stereocenters. The molecule has 6 nitrogen and oxygen atoms in total. The summed E-state index contributed by atoms with van der Waals surface area (Å²) in [6.07, 6.45) is -1.82. The number of pyridine rings is 1. The van der Waals surface area contributed by atoms with Crippen LogP contribution in [-0.2, 0) is 4.79 Å². The largest absolute Gasteiger partial charge is 0.573 e. The fourth-order valence-electron chi connectivity index (χ4n) is 2.53. The lowest BCUT2D eigenvalue weighted by atomic mass is 9.92. The molecule has 1 saturated heterocycles. The summed E-state index contributed by atoms with van der Waals surface area (Å²) in [4.78, 5) is 18.5. The van der Waals surface area contributed by atoms with Gasteiger partial charge in [-0.2, -0.15) is 0 Å². The summed E-state index contributed by atoms with van der Waals surface area (Å²) in [5.74, 6) is -1.04. The van der Waals surface area contributed by atoms with Gasteiger partial charge in [0.2, 0.25) is 5.91 Å². The molecular formula is C17H24F3N3O3. The van der Waals surface area contributed by atoms with Gasteiger partial charge in [-0.1, -0.05) is 0 Å². The van der Waals surface area contributed by atoms with Crippen molar-refractivity contribution in [2.75, 3.05) is 26.7 Å². The number of alkyl halides is 3. The van der Waals surface area contributed by atoms with Crippen LogP contribution in [0.4, 0.5) is 13.2 Å². The number of nitrogens with one attached hydrogen (secondary N) is 1. The van der Waals surface area contributed by atoms with Crippen molar-refractivity contribution in [2.24, 2.45) is 5.41 Å². The third-order valence-corrected chi connectivity index (χ3v) is 4.20. The van der Waals surface area contributed by atoms with E-state index in [4.69, 9.17) is 4.74 Å². The second kappa shape index (κ2) is 8.11. The van der Waals surface area contributed by atoms with E-state index < -0.39 is 17.5 Å². The van der Waals surface area contributed by atoms with Crippen LogP contribution in [0.5, 0.6) is 11.6 Å². The minimum Gasteiger partial charge on any atom is -0.474 e. The number of ether oxygens (including phenoxy) is 2. The molecule has 1 fully saturated rings. The maximum Gasteiger partial charge on any atom is 0.573 e. The van der Waals surface area contributed by atoms with Gasteiger partial charge in [0.25, 0.3) is 5.88 Å². The zero-order valence-electron chi connectivity index (χ0n) is 15.1. The summed E-state index contributed by atoms with van der Waals surface area (Å²) in [6.45, 7) is 5.04. The van der Waals surface area contributed by atoms with Crippen LogP contribution >= 0.6 is 0 Å². The Hall–Kier alpha value is -2.03.